The maximum atomic E-state index is 14.8. The van der Waals surface area contributed by atoms with Crippen LogP contribution in [0, 0.1) is 25.7 Å². The Morgan fingerprint density at radius 2 is 1.84 bits per heavy atom. The first-order chi connectivity index (χ1) is 24.0. The van der Waals surface area contributed by atoms with E-state index in [1.54, 1.807) is 41.3 Å². The Hall–Kier alpha value is -3.84. The predicted octanol–water partition coefficient (Wildman–Crippen LogP) is 3.94. The molecule has 2 aromatic rings. The number of alkyl halides is 1. The number of ether oxygens (including phenoxy) is 3. The lowest BCUT2D eigenvalue weighted by atomic mass is 9.70. The number of methoxy groups -OCH3 is 1. The summed E-state index contributed by atoms with van der Waals surface area (Å²) >= 11 is 3.71. The van der Waals surface area contributed by atoms with Crippen LogP contribution in [0.15, 0.2) is 73.8 Å². The van der Waals surface area contributed by atoms with Crippen LogP contribution in [-0.2, 0) is 33.4 Å². The first-order valence-corrected chi connectivity index (χ1v) is 17.8. The van der Waals surface area contributed by atoms with E-state index in [9.17, 15) is 24.3 Å². The van der Waals surface area contributed by atoms with Crippen LogP contribution in [0.25, 0.3) is 0 Å². The number of aliphatic hydroxyl groups excluding tert-OH is 1. The normalized spacial score (nSPS) is 26.2. The molecule has 1 spiro atoms. The Labute approximate surface area is 301 Å². The standard InChI is InChI=1S/C38H46BrN3O8/c1-6-8-17-28(44)40-27(22-48-5)32(25-15-10-9-11-16-25)49-37(47)29-30-35(45)42(19-20-43)34(38(30)21-26(39)33(29)50-38)36(46)41(18-7-2)31-23(3)13-12-14-24(31)4/h6-7,9-16,26-27,29-30,32-34,43H,1-2,8,17-22H2,3-5H3,(H,40,44)/t26?,27-,29-,30+,32-,33-,34-,38+/m0/s1. The number of rotatable bonds is 16. The molecule has 50 heavy (non-hydrogen) atoms. The molecule has 2 N–H and O–H groups in total. The molecule has 3 heterocycles. The van der Waals surface area contributed by atoms with Gasteiger partial charge in [-0.2, -0.15) is 0 Å². The van der Waals surface area contributed by atoms with Gasteiger partial charge in [0.05, 0.1) is 37.2 Å². The maximum Gasteiger partial charge on any atom is 0.313 e. The fraction of sp³-hybridized carbons (Fsp3) is 0.474. The van der Waals surface area contributed by atoms with E-state index in [1.165, 1.54) is 12.0 Å². The minimum atomic E-state index is -1.37. The van der Waals surface area contributed by atoms with E-state index in [0.29, 0.717) is 24.1 Å². The summed E-state index contributed by atoms with van der Waals surface area (Å²) in [6.07, 6.45) is 2.51. The highest BCUT2D eigenvalue weighted by molar-refractivity contribution is 9.09. The third kappa shape index (κ3) is 6.90. The lowest BCUT2D eigenvalue weighted by Crippen LogP contribution is -2.57. The predicted molar refractivity (Wildman–Crippen MR) is 191 cm³/mol. The number of fused-ring (bicyclic) bond motifs is 1. The molecule has 0 aliphatic carbocycles. The summed E-state index contributed by atoms with van der Waals surface area (Å²) in [6.45, 7) is 11.1. The highest BCUT2D eigenvalue weighted by Gasteiger charge is 2.77. The van der Waals surface area contributed by atoms with Crippen LogP contribution < -0.4 is 10.2 Å². The number of para-hydroxylation sites is 1. The van der Waals surface area contributed by atoms with E-state index in [0.717, 1.165) is 11.1 Å². The van der Waals surface area contributed by atoms with Crippen LogP contribution in [0.4, 0.5) is 5.69 Å². The number of carbonyl (C=O) groups excluding carboxylic acids is 4. The summed E-state index contributed by atoms with van der Waals surface area (Å²) in [7, 11) is 1.49. The van der Waals surface area contributed by atoms with Gasteiger partial charge in [-0.1, -0.05) is 76.6 Å². The average molecular weight is 753 g/mol. The Kier molecular flexibility index (Phi) is 12.0. The molecule has 3 aliphatic heterocycles. The number of aliphatic hydroxyl groups is 1. The van der Waals surface area contributed by atoms with Gasteiger partial charge in [0.25, 0.3) is 5.91 Å². The van der Waals surface area contributed by atoms with Crippen molar-refractivity contribution in [3.8, 4) is 0 Å². The van der Waals surface area contributed by atoms with Crippen molar-refractivity contribution in [2.45, 2.75) is 67.8 Å². The fourth-order valence-electron chi connectivity index (χ4n) is 7.95. The Morgan fingerprint density at radius 3 is 2.46 bits per heavy atom. The van der Waals surface area contributed by atoms with Crippen LogP contribution in [0.5, 0.6) is 0 Å². The molecular weight excluding hydrogens is 706 g/mol. The van der Waals surface area contributed by atoms with Gasteiger partial charge in [0, 0.05) is 37.1 Å². The number of amides is 3. The molecule has 0 saturated carbocycles. The van der Waals surface area contributed by atoms with E-state index in [-0.39, 0.29) is 49.4 Å². The van der Waals surface area contributed by atoms with Crippen LogP contribution in [0.2, 0.25) is 0 Å². The third-order valence-corrected chi connectivity index (χ3v) is 10.8. The number of nitrogens with zero attached hydrogens (tertiary/aromatic N) is 2. The van der Waals surface area contributed by atoms with Crippen molar-refractivity contribution in [3.63, 3.8) is 0 Å². The van der Waals surface area contributed by atoms with Crippen LogP contribution >= 0.6 is 15.9 Å². The molecule has 1 unspecified atom stereocenters. The number of β-amino-alcohol motifs (C(OH)–C–C–N with tert-alkyl or cyclic N) is 1. The molecule has 3 saturated heterocycles. The molecule has 268 valence electrons. The van der Waals surface area contributed by atoms with Gasteiger partial charge in [-0.3, -0.25) is 19.2 Å². The summed E-state index contributed by atoms with van der Waals surface area (Å²) in [5.41, 5.74) is 1.71. The Bertz CT molecular complexity index is 1580. The molecule has 3 fully saturated rings. The number of likely N-dealkylation sites (tertiary alicyclic amines) is 1. The van der Waals surface area contributed by atoms with Crippen LogP contribution in [-0.4, -0.2) is 95.7 Å². The maximum absolute atomic E-state index is 14.8. The summed E-state index contributed by atoms with van der Waals surface area (Å²) in [4.78, 5) is 59.2. The van der Waals surface area contributed by atoms with Gasteiger partial charge in [0.15, 0.2) is 0 Å². The zero-order valence-electron chi connectivity index (χ0n) is 28.8. The molecule has 11 nitrogen and oxygen atoms in total. The number of anilines is 1. The summed E-state index contributed by atoms with van der Waals surface area (Å²) in [5.74, 6) is -3.90. The van der Waals surface area contributed by atoms with Gasteiger partial charge in [0.1, 0.15) is 17.7 Å². The number of hydrogen-bond donors (Lipinski definition) is 2. The van der Waals surface area contributed by atoms with E-state index < -0.39 is 53.6 Å². The molecule has 12 heteroatoms. The highest BCUT2D eigenvalue weighted by Crippen LogP contribution is 2.60. The van der Waals surface area contributed by atoms with E-state index >= 15 is 0 Å². The SMILES string of the molecule is C=CCCC(=O)N[C@@H](COC)[C@@H](OC(=O)[C@@H]1[C@H]2O[C@@]3(CC2Br)[C@H](C(=O)N(CC=C)c2c(C)cccc2C)N(CCO)C(=O)[C@@H]13)c1ccccc1. The van der Waals surface area contributed by atoms with Gasteiger partial charge in [0.2, 0.25) is 11.8 Å². The first-order valence-electron chi connectivity index (χ1n) is 16.9. The summed E-state index contributed by atoms with van der Waals surface area (Å²) < 4.78 is 18.4. The smallest absolute Gasteiger partial charge is 0.313 e. The van der Waals surface area contributed by atoms with Gasteiger partial charge in [-0.25, -0.2) is 0 Å². The van der Waals surface area contributed by atoms with Crippen molar-refractivity contribution in [2.24, 2.45) is 11.8 Å². The van der Waals surface area contributed by atoms with E-state index in [2.05, 4.69) is 34.4 Å². The fourth-order valence-corrected chi connectivity index (χ4v) is 8.89. The van der Waals surface area contributed by atoms with Gasteiger partial charge in [-0.05, 0) is 43.4 Å². The van der Waals surface area contributed by atoms with Crippen LogP contribution in [0.1, 0.15) is 42.1 Å². The highest BCUT2D eigenvalue weighted by atomic mass is 79.9. The van der Waals surface area contributed by atoms with Crippen molar-refractivity contribution in [1.82, 2.24) is 10.2 Å². The second-order valence-corrected chi connectivity index (χ2v) is 14.3. The molecule has 2 aromatic carbocycles. The number of carbonyl (C=O) groups is 4. The second kappa shape index (κ2) is 16.0. The Morgan fingerprint density at radius 1 is 1.14 bits per heavy atom. The largest absolute Gasteiger partial charge is 0.455 e. The van der Waals surface area contributed by atoms with Crippen LogP contribution in [0.3, 0.4) is 0 Å². The van der Waals surface area contributed by atoms with Gasteiger partial charge >= 0.3 is 5.97 Å². The lowest BCUT2D eigenvalue weighted by Gasteiger charge is -2.37. The third-order valence-electron chi connectivity index (χ3n) is 9.93. The molecule has 3 amide bonds. The minimum absolute atomic E-state index is 0.0446. The van der Waals surface area contributed by atoms with Gasteiger partial charge < -0.3 is 34.4 Å². The number of benzene rings is 2. The second-order valence-electron chi connectivity index (χ2n) is 13.1. The monoisotopic (exact) mass is 751 g/mol. The lowest BCUT2D eigenvalue weighted by molar-refractivity contribution is -0.163. The molecule has 2 bridgehead atoms. The topological polar surface area (TPSA) is 135 Å². The molecule has 5 rings (SSSR count). The molecule has 0 radical (unpaired) electrons. The van der Waals surface area contributed by atoms with Crippen molar-refractivity contribution in [3.05, 3.63) is 90.5 Å². The zero-order valence-corrected chi connectivity index (χ0v) is 30.3. The number of allylic oxidation sites excluding steroid dienone is 1. The Balaban J connectivity index is 1.52. The first kappa shape index (κ1) is 37.4. The number of aryl methyl sites for hydroxylation is 2. The molecule has 3 aliphatic rings. The van der Waals surface area contributed by atoms with Crippen molar-refractivity contribution in [2.75, 3.05) is 38.3 Å². The number of esters is 1. The van der Waals surface area contributed by atoms with E-state index in [1.807, 2.05) is 38.1 Å². The number of nitrogens with one attached hydrogen (secondary N) is 1. The van der Waals surface area contributed by atoms with Crippen molar-refractivity contribution in [1.29, 1.82) is 0 Å². The minimum Gasteiger partial charge on any atom is -0.455 e. The number of hydrogen-bond acceptors (Lipinski definition) is 8. The zero-order chi connectivity index (χ0) is 36.2. The van der Waals surface area contributed by atoms with Crippen molar-refractivity contribution < 1.29 is 38.5 Å². The average Bonchev–Trinajstić information content (AvgIpc) is 3.69. The summed E-state index contributed by atoms with van der Waals surface area (Å²) in [5, 5.41) is 13.1. The van der Waals surface area contributed by atoms with Crippen molar-refractivity contribution >= 4 is 45.3 Å². The van der Waals surface area contributed by atoms with E-state index in [4.69, 9.17) is 14.2 Å². The molecular formula is C38H46BrN3O8. The summed E-state index contributed by atoms with van der Waals surface area (Å²) in [6, 6.07) is 12.9. The van der Waals surface area contributed by atoms with Gasteiger partial charge in [-0.15, -0.1) is 13.2 Å². The molecule has 0 aromatic heterocycles. The number of halogens is 1. The molecule has 8 atom stereocenters. The quantitative estimate of drug-likeness (QED) is 0.150.